The van der Waals surface area contributed by atoms with Crippen LogP contribution in [0.1, 0.15) is 12.5 Å². The fraction of sp³-hybridized carbons (Fsp3) is 0.381. The molecule has 1 fully saturated rings. The van der Waals surface area contributed by atoms with Gasteiger partial charge in [-0.05, 0) is 23.7 Å². The van der Waals surface area contributed by atoms with Crippen molar-refractivity contribution in [3.05, 3.63) is 41.5 Å². The second kappa shape index (κ2) is 6.02. The minimum atomic E-state index is -2.05. The van der Waals surface area contributed by atoms with E-state index in [2.05, 4.69) is 16.3 Å². The summed E-state index contributed by atoms with van der Waals surface area (Å²) in [7, 11) is 0. The Labute approximate surface area is 163 Å². The number of carbonyl (C=O) groups is 1. The summed E-state index contributed by atoms with van der Waals surface area (Å²) in [4.78, 5) is 15.6. The largest absolute Gasteiger partial charge is 0.325 e. The maximum Gasteiger partial charge on any atom is 0.238 e. The average Bonchev–Trinajstić information content (AvgIpc) is 3.02. The fourth-order valence-corrected chi connectivity index (χ4v) is 5.09. The molecule has 0 radical (unpaired) electrons. The zero-order valence-corrected chi connectivity index (χ0v) is 15.4. The van der Waals surface area contributed by atoms with Crippen LogP contribution in [-0.2, 0) is 10.2 Å². The lowest BCUT2D eigenvalue weighted by molar-refractivity contribution is -0.125. The molecular formula is C21H18N6O. The topological polar surface area (TPSA) is 128 Å². The minimum absolute atomic E-state index is 0.306. The summed E-state index contributed by atoms with van der Waals surface area (Å²) < 4.78 is 0. The number of rotatable bonds is 1. The van der Waals surface area contributed by atoms with Gasteiger partial charge in [-0.15, -0.1) is 0 Å². The van der Waals surface area contributed by atoms with Crippen LogP contribution in [-0.4, -0.2) is 36.2 Å². The molecule has 2 aliphatic heterocycles. The third-order valence-electron chi connectivity index (χ3n) is 6.44. The van der Waals surface area contributed by atoms with Gasteiger partial charge in [0.2, 0.25) is 11.3 Å². The van der Waals surface area contributed by atoms with Crippen molar-refractivity contribution in [1.82, 2.24) is 4.90 Å². The number of nitriles is 3. The van der Waals surface area contributed by atoms with Crippen molar-refractivity contribution in [2.75, 3.05) is 25.0 Å². The Balaban J connectivity index is 2.12. The molecule has 0 bridgehead atoms. The first-order valence-corrected chi connectivity index (χ1v) is 9.16. The van der Waals surface area contributed by atoms with Crippen LogP contribution in [0, 0.1) is 56.7 Å². The molecule has 1 aromatic carbocycles. The Morgan fingerprint density at radius 1 is 1.29 bits per heavy atom. The number of likely N-dealkylation sites (N-methyl/N-ethyl adjacent to an activating group) is 1. The third-order valence-corrected chi connectivity index (χ3v) is 6.44. The summed E-state index contributed by atoms with van der Waals surface area (Å²) in [6.45, 7) is 3.79. The fourth-order valence-electron chi connectivity index (χ4n) is 5.09. The predicted molar refractivity (Wildman–Crippen MR) is 101 cm³/mol. The van der Waals surface area contributed by atoms with Crippen LogP contribution in [0.3, 0.4) is 0 Å². The molecule has 1 amide bonds. The van der Waals surface area contributed by atoms with Crippen LogP contribution in [0.15, 0.2) is 35.9 Å². The Bertz CT molecular complexity index is 1040. The number of hydrogen-bond donors (Lipinski definition) is 2. The zero-order chi connectivity index (χ0) is 20.1. The molecule has 28 heavy (non-hydrogen) atoms. The van der Waals surface area contributed by atoms with E-state index in [1.165, 1.54) is 0 Å². The zero-order valence-electron chi connectivity index (χ0n) is 15.4. The molecule has 0 aromatic heterocycles. The van der Waals surface area contributed by atoms with E-state index in [1.54, 1.807) is 24.3 Å². The summed E-state index contributed by atoms with van der Waals surface area (Å²) in [5.74, 6) is -1.97. The van der Waals surface area contributed by atoms with Crippen molar-refractivity contribution in [3.8, 4) is 18.2 Å². The van der Waals surface area contributed by atoms with Crippen molar-refractivity contribution in [2.45, 2.75) is 12.3 Å². The van der Waals surface area contributed by atoms with Gasteiger partial charge in [0.15, 0.2) is 0 Å². The number of anilines is 1. The van der Waals surface area contributed by atoms with Gasteiger partial charge in [0.05, 0.1) is 23.9 Å². The molecule has 3 atom stereocenters. The molecule has 1 unspecified atom stereocenters. The average molecular weight is 370 g/mol. The number of carbonyl (C=O) groups excluding carboxylic acids is 1. The standard InChI is InChI=1S/C21H18N6O/c1-2-27-8-7-13-14(9-22)18(25)20(11-23,12-24)21(16(13)10-27)15-5-3-4-6-17(15)26-19(21)28/h3-7,14,16,25H,2,8,10H2,1H3,(H,26,28)/t14?,16-,21+/m0/s1. The number of para-hydroxylation sites is 1. The van der Waals surface area contributed by atoms with Gasteiger partial charge in [-0.1, -0.05) is 31.2 Å². The Morgan fingerprint density at radius 2 is 2.00 bits per heavy atom. The lowest BCUT2D eigenvalue weighted by Gasteiger charge is -2.52. The van der Waals surface area contributed by atoms with Gasteiger partial charge in [0, 0.05) is 24.7 Å². The molecule has 138 valence electrons. The smallest absolute Gasteiger partial charge is 0.238 e. The summed E-state index contributed by atoms with van der Waals surface area (Å²) in [5.41, 5.74) is -2.14. The Morgan fingerprint density at radius 3 is 2.64 bits per heavy atom. The molecule has 3 aliphatic rings. The highest BCUT2D eigenvalue weighted by Crippen LogP contribution is 2.61. The molecule has 7 nitrogen and oxygen atoms in total. The van der Waals surface area contributed by atoms with Crippen LogP contribution < -0.4 is 5.32 Å². The highest BCUT2D eigenvalue weighted by atomic mass is 16.2. The number of fused-ring (bicyclic) bond motifs is 4. The second-order valence-electron chi connectivity index (χ2n) is 7.37. The summed E-state index contributed by atoms with van der Waals surface area (Å²) in [6.07, 6.45) is 1.90. The van der Waals surface area contributed by atoms with E-state index in [1.807, 2.05) is 25.1 Å². The molecule has 1 spiro atoms. The number of hydrogen-bond acceptors (Lipinski definition) is 6. The molecule has 1 aromatic rings. The molecule has 7 heteroatoms. The molecule has 0 saturated heterocycles. The first kappa shape index (κ1) is 17.9. The van der Waals surface area contributed by atoms with Gasteiger partial charge < -0.3 is 10.7 Å². The van der Waals surface area contributed by atoms with Crippen molar-refractivity contribution in [1.29, 1.82) is 21.2 Å². The Kier molecular flexibility index (Phi) is 3.85. The molecule has 1 aliphatic carbocycles. The second-order valence-corrected chi connectivity index (χ2v) is 7.37. The number of nitrogens with one attached hydrogen (secondary N) is 2. The van der Waals surface area contributed by atoms with E-state index in [4.69, 9.17) is 5.41 Å². The number of benzene rings is 1. The maximum absolute atomic E-state index is 13.5. The van der Waals surface area contributed by atoms with Gasteiger partial charge in [-0.25, -0.2) is 0 Å². The predicted octanol–water partition coefficient (Wildman–Crippen LogP) is 1.96. The quantitative estimate of drug-likeness (QED) is 0.730. The normalized spacial score (nSPS) is 30.3. The van der Waals surface area contributed by atoms with E-state index in [0.29, 0.717) is 29.9 Å². The van der Waals surface area contributed by atoms with Crippen molar-refractivity contribution < 1.29 is 4.79 Å². The highest BCUT2D eigenvalue weighted by Gasteiger charge is 2.73. The van der Waals surface area contributed by atoms with Crippen LogP contribution >= 0.6 is 0 Å². The highest BCUT2D eigenvalue weighted by molar-refractivity contribution is 6.16. The molecular weight excluding hydrogens is 352 g/mol. The van der Waals surface area contributed by atoms with E-state index in [0.717, 1.165) is 6.54 Å². The van der Waals surface area contributed by atoms with Gasteiger partial charge >= 0.3 is 0 Å². The van der Waals surface area contributed by atoms with Crippen LogP contribution in [0.5, 0.6) is 0 Å². The van der Waals surface area contributed by atoms with Crippen molar-refractivity contribution >= 4 is 17.3 Å². The van der Waals surface area contributed by atoms with Gasteiger partial charge in [0.1, 0.15) is 11.3 Å². The first-order valence-electron chi connectivity index (χ1n) is 9.16. The van der Waals surface area contributed by atoms with Crippen LogP contribution in [0.4, 0.5) is 5.69 Å². The Hall–Kier alpha value is -3.47. The van der Waals surface area contributed by atoms with E-state index in [-0.39, 0.29) is 5.71 Å². The monoisotopic (exact) mass is 370 g/mol. The molecule has 4 rings (SSSR count). The lowest BCUT2D eigenvalue weighted by Crippen LogP contribution is -2.66. The molecule has 2 heterocycles. The first-order chi connectivity index (χ1) is 13.5. The van der Waals surface area contributed by atoms with Gasteiger partial charge in [-0.2, -0.15) is 15.8 Å². The summed E-state index contributed by atoms with van der Waals surface area (Å²) in [6, 6.07) is 13.2. The number of amides is 1. The molecule has 2 N–H and O–H groups in total. The van der Waals surface area contributed by atoms with Crippen LogP contribution in [0.25, 0.3) is 0 Å². The van der Waals surface area contributed by atoms with E-state index < -0.39 is 28.6 Å². The maximum atomic E-state index is 13.5. The van der Waals surface area contributed by atoms with Crippen molar-refractivity contribution in [3.63, 3.8) is 0 Å². The van der Waals surface area contributed by atoms with Crippen LogP contribution in [0.2, 0.25) is 0 Å². The van der Waals surface area contributed by atoms with Gasteiger partial charge in [0.25, 0.3) is 0 Å². The van der Waals surface area contributed by atoms with Gasteiger partial charge in [-0.3, -0.25) is 9.69 Å². The lowest BCUT2D eigenvalue weighted by atomic mass is 9.45. The number of nitrogens with zero attached hydrogens (tertiary/aromatic N) is 4. The molecule has 1 saturated carbocycles. The summed E-state index contributed by atoms with van der Waals surface area (Å²) >= 11 is 0. The van der Waals surface area contributed by atoms with Crippen molar-refractivity contribution in [2.24, 2.45) is 17.3 Å². The van der Waals surface area contributed by atoms with E-state index >= 15 is 0 Å². The minimum Gasteiger partial charge on any atom is -0.325 e. The third kappa shape index (κ3) is 1.83. The van der Waals surface area contributed by atoms with E-state index in [9.17, 15) is 20.6 Å². The summed E-state index contributed by atoms with van der Waals surface area (Å²) in [5, 5.41) is 41.6. The SMILES string of the molecule is CCN1CC=C2C(C#N)C(=N)C(C#N)(C#N)[C@@]3(C(=O)Nc4ccccc43)[C@H]2C1.